The first-order chi connectivity index (χ1) is 12.1. The highest BCUT2D eigenvalue weighted by molar-refractivity contribution is 6.36. The molecule has 1 unspecified atom stereocenters. The first-order valence-electron chi connectivity index (χ1n) is 7.95. The molecule has 0 aliphatic carbocycles. The summed E-state index contributed by atoms with van der Waals surface area (Å²) in [7, 11) is 0. The number of nitrogens with one attached hydrogen (secondary N) is 1. The maximum atomic E-state index is 6.23. The van der Waals surface area contributed by atoms with Crippen molar-refractivity contribution >= 4 is 51.8 Å². The van der Waals surface area contributed by atoms with E-state index in [1.165, 1.54) is 0 Å². The number of imidazole rings is 1. The minimum absolute atomic E-state index is 0.0833. The fourth-order valence-electron chi connectivity index (χ4n) is 2.89. The smallest absolute Gasteiger partial charge is 0.224 e. The summed E-state index contributed by atoms with van der Waals surface area (Å²) in [6.45, 7) is 0.733. The molecular formula is C16H16Cl2N6O. The Morgan fingerprint density at radius 1 is 1.24 bits per heavy atom. The van der Waals surface area contributed by atoms with E-state index in [1.54, 1.807) is 24.5 Å². The Balaban J connectivity index is 1.75. The summed E-state index contributed by atoms with van der Waals surface area (Å²) in [6, 6.07) is 5.17. The predicted molar refractivity (Wildman–Crippen MR) is 98.3 cm³/mol. The van der Waals surface area contributed by atoms with Crippen LogP contribution in [-0.2, 0) is 4.74 Å². The lowest BCUT2D eigenvalue weighted by atomic mass is 10.2. The first kappa shape index (κ1) is 16.4. The van der Waals surface area contributed by atoms with Crippen molar-refractivity contribution < 1.29 is 4.74 Å². The Bertz CT molecular complexity index is 922. The molecule has 4 rings (SSSR count). The van der Waals surface area contributed by atoms with E-state index >= 15 is 0 Å². The molecule has 3 aromatic rings. The molecule has 1 fully saturated rings. The lowest BCUT2D eigenvalue weighted by Crippen LogP contribution is -2.18. The summed E-state index contributed by atoms with van der Waals surface area (Å²) in [4.78, 5) is 13.1. The van der Waals surface area contributed by atoms with Crippen molar-refractivity contribution in [2.45, 2.75) is 25.5 Å². The number of ether oxygens (including phenoxy) is 1. The van der Waals surface area contributed by atoms with Gasteiger partial charge in [0.2, 0.25) is 5.95 Å². The predicted octanol–water partition coefficient (Wildman–Crippen LogP) is 4.16. The summed E-state index contributed by atoms with van der Waals surface area (Å²) in [5.41, 5.74) is 7.80. The molecule has 0 spiro atoms. The van der Waals surface area contributed by atoms with Crippen LogP contribution in [0.4, 0.5) is 17.5 Å². The SMILES string of the molecule is Nc1nc(Nc2ccc(Cl)cc2Cl)c2ncn(C3CCCCO3)c2n1. The van der Waals surface area contributed by atoms with Crippen LogP contribution in [0.3, 0.4) is 0 Å². The molecule has 3 N–H and O–H groups in total. The Hall–Kier alpha value is -2.09. The third-order valence-electron chi connectivity index (χ3n) is 4.09. The second-order valence-corrected chi connectivity index (χ2v) is 6.67. The van der Waals surface area contributed by atoms with Gasteiger partial charge in [-0.25, -0.2) is 4.98 Å². The van der Waals surface area contributed by atoms with Gasteiger partial charge in [-0.3, -0.25) is 4.57 Å². The fourth-order valence-corrected chi connectivity index (χ4v) is 3.35. The van der Waals surface area contributed by atoms with Crippen molar-refractivity contribution in [2.24, 2.45) is 0 Å². The van der Waals surface area contributed by atoms with Gasteiger partial charge in [0.05, 0.1) is 17.0 Å². The highest BCUT2D eigenvalue weighted by Crippen LogP contribution is 2.32. The van der Waals surface area contributed by atoms with Crippen LogP contribution in [0.2, 0.25) is 10.0 Å². The summed E-state index contributed by atoms with van der Waals surface area (Å²) >= 11 is 12.2. The van der Waals surface area contributed by atoms with Crippen LogP contribution >= 0.6 is 23.2 Å². The van der Waals surface area contributed by atoms with E-state index in [0.29, 0.717) is 32.7 Å². The second-order valence-electron chi connectivity index (χ2n) is 5.82. The number of rotatable bonds is 3. The minimum atomic E-state index is -0.0833. The Morgan fingerprint density at radius 2 is 2.12 bits per heavy atom. The van der Waals surface area contributed by atoms with Crippen LogP contribution in [-0.4, -0.2) is 26.1 Å². The Kier molecular flexibility index (Phi) is 4.37. The number of hydrogen-bond acceptors (Lipinski definition) is 6. The normalized spacial score (nSPS) is 17.8. The van der Waals surface area contributed by atoms with Gasteiger partial charge < -0.3 is 15.8 Å². The lowest BCUT2D eigenvalue weighted by molar-refractivity contribution is -0.0298. The first-order valence-corrected chi connectivity index (χ1v) is 8.71. The molecule has 1 aliphatic heterocycles. The molecule has 1 aromatic carbocycles. The molecule has 0 saturated carbocycles. The van der Waals surface area contributed by atoms with Gasteiger partial charge in [0.1, 0.15) is 6.23 Å². The zero-order valence-electron chi connectivity index (χ0n) is 13.2. The van der Waals surface area contributed by atoms with E-state index in [1.807, 2.05) is 4.57 Å². The van der Waals surface area contributed by atoms with E-state index in [-0.39, 0.29) is 12.2 Å². The molecule has 2 aromatic heterocycles. The highest BCUT2D eigenvalue weighted by Gasteiger charge is 2.21. The quantitative estimate of drug-likeness (QED) is 0.710. The average molecular weight is 379 g/mol. The summed E-state index contributed by atoms with van der Waals surface area (Å²) in [6.07, 6.45) is 4.73. The number of nitrogen functional groups attached to an aromatic ring is 1. The van der Waals surface area contributed by atoms with Gasteiger partial charge in [-0.05, 0) is 37.5 Å². The van der Waals surface area contributed by atoms with Crippen molar-refractivity contribution in [3.8, 4) is 0 Å². The monoisotopic (exact) mass is 378 g/mol. The standard InChI is InChI=1S/C16H16Cl2N6O/c17-9-4-5-11(10(18)7-9)21-14-13-15(23-16(19)22-14)24(8-20-13)12-3-1-2-6-25-12/h4-5,7-8,12H,1-3,6H2,(H3,19,21,22,23). The molecule has 25 heavy (non-hydrogen) atoms. The molecule has 1 saturated heterocycles. The van der Waals surface area contributed by atoms with Crippen molar-refractivity contribution in [1.29, 1.82) is 0 Å². The molecule has 130 valence electrons. The third-order valence-corrected chi connectivity index (χ3v) is 4.64. The van der Waals surface area contributed by atoms with E-state index < -0.39 is 0 Å². The zero-order valence-corrected chi connectivity index (χ0v) is 14.8. The van der Waals surface area contributed by atoms with Gasteiger partial charge in [-0.1, -0.05) is 23.2 Å². The lowest BCUT2D eigenvalue weighted by Gasteiger charge is -2.23. The zero-order chi connectivity index (χ0) is 17.4. The average Bonchev–Trinajstić information content (AvgIpc) is 3.02. The van der Waals surface area contributed by atoms with Crippen LogP contribution in [0.1, 0.15) is 25.5 Å². The van der Waals surface area contributed by atoms with Crippen molar-refractivity contribution in [1.82, 2.24) is 19.5 Å². The molecule has 1 atom stereocenters. The number of hydrogen-bond donors (Lipinski definition) is 2. The summed E-state index contributed by atoms with van der Waals surface area (Å²) in [5, 5.41) is 4.20. The van der Waals surface area contributed by atoms with E-state index in [2.05, 4.69) is 20.3 Å². The topological polar surface area (TPSA) is 90.9 Å². The van der Waals surface area contributed by atoms with Gasteiger partial charge >= 0.3 is 0 Å². The number of nitrogens with zero attached hydrogens (tertiary/aromatic N) is 4. The highest BCUT2D eigenvalue weighted by atomic mass is 35.5. The molecule has 0 amide bonds. The van der Waals surface area contributed by atoms with Crippen molar-refractivity contribution in [3.63, 3.8) is 0 Å². The summed E-state index contributed by atoms with van der Waals surface area (Å²) in [5.74, 6) is 0.638. The molecule has 0 bridgehead atoms. The van der Waals surface area contributed by atoms with Crippen molar-refractivity contribution in [3.05, 3.63) is 34.6 Å². The number of halogens is 2. The second kappa shape index (κ2) is 6.67. The molecule has 9 heteroatoms. The number of anilines is 3. The number of fused-ring (bicyclic) bond motifs is 1. The van der Waals surface area contributed by atoms with Gasteiger partial charge in [-0.15, -0.1) is 0 Å². The van der Waals surface area contributed by atoms with E-state index in [9.17, 15) is 0 Å². The van der Waals surface area contributed by atoms with Crippen molar-refractivity contribution in [2.75, 3.05) is 17.7 Å². The summed E-state index contributed by atoms with van der Waals surface area (Å²) < 4.78 is 7.73. The Labute approximate surface area is 154 Å². The largest absolute Gasteiger partial charge is 0.368 e. The van der Waals surface area contributed by atoms with Gasteiger partial charge in [-0.2, -0.15) is 9.97 Å². The van der Waals surface area contributed by atoms with Crippen LogP contribution in [0.25, 0.3) is 11.2 Å². The van der Waals surface area contributed by atoms with E-state index in [4.69, 9.17) is 33.7 Å². The van der Waals surface area contributed by atoms with Gasteiger partial charge in [0.15, 0.2) is 17.0 Å². The molecule has 0 radical (unpaired) electrons. The number of benzene rings is 1. The minimum Gasteiger partial charge on any atom is -0.368 e. The molecule has 7 nitrogen and oxygen atoms in total. The third kappa shape index (κ3) is 3.22. The van der Waals surface area contributed by atoms with Crippen LogP contribution in [0.15, 0.2) is 24.5 Å². The van der Waals surface area contributed by atoms with Gasteiger partial charge in [0, 0.05) is 11.6 Å². The van der Waals surface area contributed by atoms with Gasteiger partial charge in [0.25, 0.3) is 0 Å². The van der Waals surface area contributed by atoms with Crippen LogP contribution in [0.5, 0.6) is 0 Å². The van der Waals surface area contributed by atoms with Crippen LogP contribution < -0.4 is 11.1 Å². The Morgan fingerprint density at radius 3 is 2.88 bits per heavy atom. The molecule has 1 aliphatic rings. The molecule has 3 heterocycles. The maximum Gasteiger partial charge on any atom is 0.224 e. The maximum absolute atomic E-state index is 6.23. The van der Waals surface area contributed by atoms with Crippen LogP contribution in [0, 0.1) is 0 Å². The fraction of sp³-hybridized carbons (Fsp3) is 0.312. The number of nitrogens with two attached hydrogens (primary N) is 1. The number of aromatic nitrogens is 4. The molecular weight excluding hydrogens is 363 g/mol. The van der Waals surface area contributed by atoms with E-state index in [0.717, 1.165) is 25.9 Å².